The Balaban J connectivity index is 2.55. The van der Waals surface area contributed by atoms with Crippen LogP contribution in [0, 0.1) is 0 Å². The Morgan fingerprint density at radius 1 is 1.73 bits per heavy atom. The molecule has 0 aliphatic carbocycles. The van der Waals surface area contributed by atoms with E-state index in [-0.39, 0.29) is 18.1 Å². The highest BCUT2D eigenvalue weighted by Gasteiger charge is 2.28. The van der Waals surface area contributed by atoms with Crippen LogP contribution in [0.25, 0.3) is 0 Å². The van der Waals surface area contributed by atoms with Crippen molar-refractivity contribution in [3.63, 3.8) is 0 Å². The molecule has 4 heteroatoms. The number of nitrogens with one attached hydrogen (secondary N) is 1. The zero-order valence-electron chi connectivity index (χ0n) is 9.41. The third kappa shape index (κ3) is 3.23. The van der Waals surface area contributed by atoms with Gasteiger partial charge in [0.1, 0.15) is 0 Å². The van der Waals surface area contributed by atoms with Crippen LogP contribution in [-0.4, -0.2) is 36.1 Å². The first-order chi connectivity index (χ1) is 7.16. The van der Waals surface area contributed by atoms with Gasteiger partial charge in [-0.25, -0.2) is 4.79 Å². The van der Waals surface area contributed by atoms with Crippen molar-refractivity contribution in [1.29, 1.82) is 0 Å². The number of nitrogens with zero attached hydrogens (tertiary/aromatic N) is 1. The summed E-state index contributed by atoms with van der Waals surface area (Å²) in [5, 5.41) is 2.80. The standard InChI is InChI=1S/C11H21N3O/c1-3-7-13-11(15)14-8-5-4-6-10(14)9(2)12/h3,9-10H,1,4-8,12H2,2H3,(H,13,15). The van der Waals surface area contributed by atoms with Crippen molar-refractivity contribution >= 4 is 6.03 Å². The van der Waals surface area contributed by atoms with E-state index in [2.05, 4.69) is 11.9 Å². The maximum Gasteiger partial charge on any atom is 0.317 e. The zero-order valence-corrected chi connectivity index (χ0v) is 9.41. The minimum Gasteiger partial charge on any atom is -0.335 e. The predicted molar refractivity (Wildman–Crippen MR) is 61.6 cm³/mol. The van der Waals surface area contributed by atoms with Crippen LogP contribution in [0.5, 0.6) is 0 Å². The first-order valence-electron chi connectivity index (χ1n) is 5.57. The molecule has 2 unspecified atom stereocenters. The summed E-state index contributed by atoms with van der Waals surface area (Å²) in [4.78, 5) is 13.6. The van der Waals surface area contributed by atoms with Crippen LogP contribution in [0.2, 0.25) is 0 Å². The van der Waals surface area contributed by atoms with Gasteiger partial charge in [-0.05, 0) is 26.2 Å². The lowest BCUT2D eigenvalue weighted by Gasteiger charge is -2.37. The molecule has 0 aromatic carbocycles. The molecule has 1 aliphatic heterocycles. The van der Waals surface area contributed by atoms with Gasteiger partial charge in [0.25, 0.3) is 0 Å². The summed E-state index contributed by atoms with van der Waals surface area (Å²) in [7, 11) is 0. The molecule has 1 rings (SSSR count). The second kappa shape index (κ2) is 5.75. The van der Waals surface area contributed by atoms with Gasteiger partial charge in [0.05, 0.1) is 0 Å². The molecule has 1 fully saturated rings. The summed E-state index contributed by atoms with van der Waals surface area (Å²) in [5.41, 5.74) is 5.88. The number of amides is 2. The Bertz CT molecular complexity index is 228. The first kappa shape index (κ1) is 12.0. The first-order valence-corrected chi connectivity index (χ1v) is 5.57. The molecule has 86 valence electrons. The zero-order chi connectivity index (χ0) is 11.3. The molecule has 0 aromatic heterocycles. The minimum atomic E-state index is -0.0168. The third-order valence-electron chi connectivity index (χ3n) is 2.81. The Morgan fingerprint density at radius 2 is 2.47 bits per heavy atom. The number of urea groups is 1. The summed E-state index contributed by atoms with van der Waals surface area (Å²) in [6.07, 6.45) is 4.93. The van der Waals surface area contributed by atoms with Crippen molar-refractivity contribution in [1.82, 2.24) is 10.2 Å². The van der Waals surface area contributed by atoms with E-state index in [1.165, 1.54) is 0 Å². The quantitative estimate of drug-likeness (QED) is 0.686. The Labute approximate surface area is 91.5 Å². The molecule has 0 bridgehead atoms. The number of carbonyl (C=O) groups excluding carboxylic acids is 1. The van der Waals surface area contributed by atoms with E-state index in [0.29, 0.717) is 6.54 Å². The average molecular weight is 211 g/mol. The van der Waals surface area contributed by atoms with Crippen molar-refractivity contribution in [3.8, 4) is 0 Å². The van der Waals surface area contributed by atoms with Crippen molar-refractivity contribution < 1.29 is 4.79 Å². The molecule has 3 N–H and O–H groups in total. The number of piperidine rings is 1. The van der Waals surface area contributed by atoms with Gasteiger partial charge in [-0.2, -0.15) is 0 Å². The molecule has 0 saturated carbocycles. The fourth-order valence-electron chi connectivity index (χ4n) is 2.02. The van der Waals surface area contributed by atoms with E-state index in [9.17, 15) is 4.79 Å². The number of likely N-dealkylation sites (tertiary alicyclic amines) is 1. The second-order valence-electron chi connectivity index (χ2n) is 4.09. The number of hydrogen-bond acceptors (Lipinski definition) is 2. The fraction of sp³-hybridized carbons (Fsp3) is 0.727. The van der Waals surface area contributed by atoms with Crippen molar-refractivity contribution in [2.75, 3.05) is 13.1 Å². The molecule has 0 aromatic rings. The Hall–Kier alpha value is -1.03. The normalized spacial score (nSPS) is 23.3. The van der Waals surface area contributed by atoms with Gasteiger partial charge in [0, 0.05) is 25.2 Å². The fourth-order valence-corrected chi connectivity index (χ4v) is 2.02. The number of carbonyl (C=O) groups is 1. The van der Waals surface area contributed by atoms with Gasteiger partial charge in [-0.3, -0.25) is 0 Å². The van der Waals surface area contributed by atoms with Crippen LogP contribution >= 0.6 is 0 Å². The van der Waals surface area contributed by atoms with Gasteiger partial charge in [0.2, 0.25) is 0 Å². The molecular formula is C11H21N3O. The average Bonchev–Trinajstić information content (AvgIpc) is 2.25. The monoisotopic (exact) mass is 211 g/mol. The van der Waals surface area contributed by atoms with E-state index in [1.54, 1.807) is 6.08 Å². The van der Waals surface area contributed by atoms with Crippen molar-refractivity contribution in [2.24, 2.45) is 5.73 Å². The number of nitrogens with two attached hydrogens (primary N) is 1. The largest absolute Gasteiger partial charge is 0.335 e. The lowest BCUT2D eigenvalue weighted by atomic mass is 9.97. The topological polar surface area (TPSA) is 58.4 Å². The molecule has 2 amide bonds. The van der Waals surface area contributed by atoms with Crippen LogP contribution in [0.3, 0.4) is 0 Å². The molecule has 4 nitrogen and oxygen atoms in total. The molecule has 15 heavy (non-hydrogen) atoms. The maximum atomic E-state index is 11.8. The van der Waals surface area contributed by atoms with Crippen LogP contribution in [0.15, 0.2) is 12.7 Å². The van der Waals surface area contributed by atoms with Gasteiger partial charge >= 0.3 is 6.03 Å². The van der Waals surface area contributed by atoms with Gasteiger partial charge in [-0.1, -0.05) is 6.08 Å². The molecule has 0 spiro atoms. The highest BCUT2D eigenvalue weighted by molar-refractivity contribution is 5.74. The van der Waals surface area contributed by atoms with Crippen molar-refractivity contribution in [3.05, 3.63) is 12.7 Å². The van der Waals surface area contributed by atoms with Crippen LogP contribution in [-0.2, 0) is 0 Å². The summed E-state index contributed by atoms with van der Waals surface area (Å²) in [5.74, 6) is 0. The molecule has 1 aliphatic rings. The number of hydrogen-bond donors (Lipinski definition) is 2. The van der Waals surface area contributed by atoms with E-state index >= 15 is 0 Å². The summed E-state index contributed by atoms with van der Waals surface area (Å²) in [6.45, 7) is 6.87. The molecule has 1 heterocycles. The van der Waals surface area contributed by atoms with E-state index in [0.717, 1.165) is 25.8 Å². The van der Waals surface area contributed by atoms with Gasteiger partial charge in [-0.15, -0.1) is 6.58 Å². The highest BCUT2D eigenvalue weighted by Crippen LogP contribution is 2.18. The summed E-state index contributed by atoms with van der Waals surface area (Å²) in [6, 6.07) is 0.209. The Morgan fingerprint density at radius 3 is 3.07 bits per heavy atom. The lowest BCUT2D eigenvalue weighted by molar-refractivity contribution is 0.141. The molecule has 2 atom stereocenters. The smallest absolute Gasteiger partial charge is 0.317 e. The molecule has 1 saturated heterocycles. The summed E-state index contributed by atoms with van der Waals surface area (Å²) >= 11 is 0. The number of rotatable bonds is 3. The Kier molecular flexibility index (Phi) is 4.62. The molecule has 0 radical (unpaired) electrons. The van der Waals surface area contributed by atoms with Gasteiger partial charge in [0.15, 0.2) is 0 Å². The third-order valence-corrected chi connectivity index (χ3v) is 2.81. The summed E-state index contributed by atoms with van der Waals surface area (Å²) < 4.78 is 0. The minimum absolute atomic E-state index is 0.0168. The van der Waals surface area contributed by atoms with Crippen molar-refractivity contribution in [2.45, 2.75) is 38.3 Å². The SMILES string of the molecule is C=CCNC(=O)N1CCCCC1C(C)N. The maximum absolute atomic E-state index is 11.8. The molecular weight excluding hydrogens is 190 g/mol. The van der Waals surface area contributed by atoms with Crippen LogP contribution in [0.4, 0.5) is 4.79 Å². The lowest BCUT2D eigenvalue weighted by Crippen LogP contribution is -2.54. The van der Waals surface area contributed by atoms with Crippen LogP contribution in [0.1, 0.15) is 26.2 Å². The van der Waals surface area contributed by atoms with E-state index in [1.807, 2.05) is 11.8 Å². The second-order valence-corrected chi connectivity index (χ2v) is 4.09. The van der Waals surface area contributed by atoms with Gasteiger partial charge < -0.3 is 16.0 Å². The highest BCUT2D eigenvalue weighted by atomic mass is 16.2. The van der Waals surface area contributed by atoms with E-state index in [4.69, 9.17) is 5.73 Å². The predicted octanol–water partition coefficient (Wildman–Crippen LogP) is 1.08. The van der Waals surface area contributed by atoms with E-state index < -0.39 is 0 Å². The van der Waals surface area contributed by atoms with Crippen LogP contribution < -0.4 is 11.1 Å².